The molecule has 9 nitrogen and oxygen atoms in total. The second-order valence-corrected chi connectivity index (χ2v) is 5.72. The monoisotopic (exact) mass is 405 g/mol. The highest BCUT2D eigenvalue weighted by Crippen LogP contribution is 2.20. The van der Waals surface area contributed by atoms with Gasteiger partial charge in [-0.05, 0) is 0 Å². The molecule has 0 saturated carbocycles. The Morgan fingerprint density at radius 2 is 1.79 bits per heavy atom. The lowest BCUT2D eigenvalue weighted by molar-refractivity contribution is -0.192. The molecule has 1 fully saturated rings. The van der Waals surface area contributed by atoms with Crippen LogP contribution >= 0.6 is 0 Å². The molecule has 28 heavy (non-hydrogen) atoms. The summed E-state index contributed by atoms with van der Waals surface area (Å²) >= 11 is 0. The van der Waals surface area contributed by atoms with Crippen LogP contribution in [0.3, 0.4) is 0 Å². The van der Waals surface area contributed by atoms with Crippen LogP contribution < -0.4 is 5.32 Å². The molecule has 12 heteroatoms. The number of likely N-dealkylation sites (N-methyl/N-ethyl adjacent to an activating group) is 1. The normalized spacial score (nSPS) is 15.8. The summed E-state index contributed by atoms with van der Waals surface area (Å²) in [4.78, 5) is 45.0. The lowest BCUT2D eigenvalue weighted by Gasteiger charge is -2.38. The summed E-state index contributed by atoms with van der Waals surface area (Å²) in [6.07, 6.45) is 0.219. The van der Waals surface area contributed by atoms with E-state index in [-0.39, 0.29) is 11.8 Å². The smallest absolute Gasteiger partial charge is 0.475 e. The van der Waals surface area contributed by atoms with Crippen molar-refractivity contribution in [2.45, 2.75) is 25.6 Å². The van der Waals surface area contributed by atoms with E-state index in [1.165, 1.54) is 0 Å². The van der Waals surface area contributed by atoms with Crippen LogP contribution in [0.2, 0.25) is 0 Å². The molecule has 1 saturated heterocycles. The van der Waals surface area contributed by atoms with E-state index in [1.54, 1.807) is 25.6 Å². The first kappa shape index (κ1) is 23.3. The van der Waals surface area contributed by atoms with Crippen LogP contribution in [0.5, 0.6) is 0 Å². The van der Waals surface area contributed by atoms with E-state index in [0.29, 0.717) is 38.3 Å². The number of nitrogens with one attached hydrogen (secondary N) is 1. The maximum atomic E-state index is 12.2. The number of carboxylic acid groups (broad SMARTS) is 1. The average molecular weight is 405 g/mol. The van der Waals surface area contributed by atoms with Crippen molar-refractivity contribution in [3.63, 3.8) is 0 Å². The van der Waals surface area contributed by atoms with Gasteiger partial charge < -0.3 is 15.3 Å². The molecule has 0 spiro atoms. The highest BCUT2D eigenvalue weighted by atomic mass is 19.4. The minimum absolute atomic E-state index is 0.106. The van der Waals surface area contributed by atoms with Crippen molar-refractivity contribution < 1.29 is 32.7 Å². The third kappa shape index (κ3) is 6.76. The number of hydrogen-bond acceptors (Lipinski definition) is 6. The largest absolute Gasteiger partial charge is 0.490 e. The Balaban J connectivity index is 0.000000480. The molecule has 2 rings (SSSR count). The Labute approximate surface area is 159 Å². The van der Waals surface area contributed by atoms with Crippen molar-refractivity contribution in [3.05, 3.63) is 24.3 Å². The summed E-state index contributed by atoms with van der Waals surface area (Å²) < 4.78 is 31.7. The number of amides is 2. The van der Waals surface area contributed by atoms with Gasteiger partial charge in [0.1, 0.15) is 6.04 Å². The number of aliphatic carboxylic acids is 1. The lowest BCUT2D eigenvalue weighted by atomic mass is 10.1. The fraction of sp³-hybridized carbons (Fsp3) is 0.562. The number of aromatic nitrogens is 2. The zero-order valence-electron chi connectivity index (χ0n) is 15.4. The van der Waals surface area contributed by atoms with Crippen molar-refractivity contribution in [2.24, 2.45) is 0 Å². The van der Waals surface area contributed by atoms with E-state index < -0.39 is 18.2 Å². The van der Waals surface area contributed by atoms with Crippen LogP contribution in [0.1, 0.15) is 25.1 Å². The quantitative estimate of drug-likeness (QED) is 0.747. The minimum Gasteiger partial charge on any atom is -0.475 e. The second-order valence-electron chi connectivity index (χ2n) is 5.72. The van der Waals surface area contributed by atoms with Crippen LogP contribution in [-0.4, -0.2) is 82.1 Å². The van der Waals surface area contributed by atoms with Gasteiger partial charge in [-0.3, -0.25) is 24.5 Å². The number of nitrogens with zero attached hydrogens (tertiary/aromatic N) is 4. The van der Waals surface area contributed by atoms with E-state index in [1.807, 2.05) is 16.7 Å². The van der Waals surface area contributed by atoms with Gasteiger partial charge in [-0.2, -0.15) is 13.2 Å². The summed E-state index contributed by atoms with van der Waals surface area (Å²) in [5, 5.41) is 9.80. The van der Waals surface area contributed by atoms with Crippen LogP contribution in [0.4, 0.5) is 13.2 Å². The van der Waals surface area contributed by atoms with Crippen molar-refractivity contribution in [3.8, 4) is 0 Å². The molecule has 2 amide bonds. The third-order valence-corrected chi connectivity index (χ3v) is 3.94. The number of rotatable bonds is 4. The van der Waals surface area contributed by atoms with Gasteiger partial charge in [-0.15, -0.1) is 0 Å². The van der Waals surface area contributed by atoms with Gasteiger partial charge in [-0.25, -0.2) is 4.79 Å². The first-order chi connectivity index (χ1) is 13.1. The molecular weight excluding hydrogens is 383 g/mol. The lowest BCUT2D eigenvalue weighted by Crippen LogP contribution is -2.52. The molecule has 1 unspecified atom stereocenters. The Morgan fingerprint density at radius 1 is 1.21 bits per heavy atom. The van der Waals surface area contributed by atoms with Crippen molar-refractivity contribution in [2.75, 3.05) is 33.2 Å². The fourth-order valence-corrected chi connectivity index (χ4v) is 2.53. The molecule has 2 N–H and O–H groups in total. The first-order valence-electron chi connectivity index (χ1n) is 8.41. The summed E-state index contributed by atoms with van der Waals surface area (Å²) in [6.45, 7) is 4.45. The van der Waals surface area contributed by atoms with Crippen molar-refractivity contribution in [1.82, 2.24) is 25.1 Å². The molecule has 1 aromatic heterocycles. The highest BCUT2D eigenvalue weighted by molar-refractivity contribution is 5.82. The summed E-state index contributed by atoms with van der Waals surface area (Å²) in [5.74, 6) is -2.70. The van der Waals surface area contributed by atoms with Crippen molar-refractivity contribution >= 4 is 17.8 Å². The predicted octanol–water partition coefficient (Wildman–Crippen LogP) is 0.451. The maximum Gasteiger partial charge on any atom is 0.490 e. The van der Waals surface area contributed by atoms with E-state index >= 15 is 0 Å². The number of hydrogen-bond donors (Lipinski definition) is 2. The van der Waals surface area contributed by atoms with Gasteiger partial charge in [0.05, 0.1) is 11.9 Å². The van der Waals surface area contributed by atoms with Gasteiger partial charge in [0.25, 0.3) is 0 Å². The number of halogens is 3. The summed E-state index contributed by atoms with van der Waals surface area (Å²) in [7, 11) is 1.61. The number of piperazine rings is 1. The van der Waals surface area contributed by atoms with E-state index in [4.69, 9.17) is 9.90 Å². The molecular formula is C16H22F3N5O4. The first-order valence-corrected chi connectivity index (χ1v) is 8.41. The molecule has 2 heterocycles. The number of carbonyl (C=O) groups is 3. The standard InChI is InChI=1S/C14H21N5O2.C2HF3O2/c1-3-12(20)18-6-8-19(9-7-18)13(14(21)15-2)11-10-16-4-5-17-11;3-2(4,5)1(6)7/h4-5,10,13H,3,6-9H2,1-2H3,(H,15,21);(H,6,7). The molecule has 0 radical (unpaired) electrons. The Kier molecular flexibility index (Phi) is 8.76. The molecule has 1 aliphatic rings. The second kappa shape index (κ2) is 10.5. The number of carboxylic acids is 1. The zero-order valence-corrected chi connectivity index (χ0v) is 15.4. The SMILES string of the molecule is CCC(=O)N1CCN(C(C(=O)NC)c2cnccn2)CC1.O=C(O)C(F)(F)F. The molecule has 0 bridgehead atoms. The molecule has 1 atom stereocenters. The summed E-state index contributed by atoms with van der Waals surface area (Å²) in [5.41, 5.74) is 0.632. The Morgan fingerprint density at radius 3 is 2.18 bits per heavy atom. The van der Waals surface area contributed by atoms with Gasteiger partial charge >= 0.3 is 12.1 Å². The van der Waals surface area contributed by atoms with E-state index in [9.17, 15) is 22.8 Å². The molecule has 1 aromatic rings. The summed E-state index contributed by atoms with van der Waals surface area (Å²) in [6, 6.07) is -0.456. The maximum absolute atomic E-state index is 12.2. The van der Waals surface area contributed by atoms with Gasteiger partial charge in [0.2, 0.25) is 11.8 Å². The Bertz CT molecular complexity index is 664. The highest BCUT2D eigenvalue weighted by Gasteiger charge is 2.38. The molecule has 156 valence electrons. The van der Waals surface area contributed by atoms with Crippen LogP contribution in [0, 0.1) is 0 Å². The van der Waals surface area contributed by atoms with Gasteiger partial charge in [-0.1, -0.05) is 6.92 Å². The molecule has 0 aliphatic carbocycles. The van der Waals surface area contributed by atoms with E-state index in [2.05, 4.69) is 15.3 Å². The fourth-order valence-electron chi connectivity index (χ4n) is 2.53. The average Bonchev–Trinajstić information content (AvgIpc) is 2.68. The molecule has 1 aliphatic heterocycles. The number of alkyl halides is 3. The third-order valence-electron chi connectivity index (χ3n) is 3.94. The number of carbonyl (C=O) groups excluding carboxylic acids is 2. The van der Waals surface area contributed by atoms with Crippen molar-refractivity contribution in [1.29, 1.82) is 0 Å². The molecule has 0 aromatic carbocycles. The zero-order chi connectivity index (χ0) is 21.3. The van der Waals surface area contributed by atoms with Gasteiger partial charge in [0.15, 0.2) is 0 Å². The van der Waals surface area contributed by atoms with Crippen LogP contribution in [0.25, 0.3) is 0 Å². The predicted molar refractivity (Wildman–Crippen MR) is 91.0 cm³/mol. The minimum atomic E-state index is -5.08. The van der Waals surface area contributed by atoms with Gasteiger partial charge in [0, 0.05) is 52.0 Å². The van der Waals surface area contributed by atoms with Crippen LogP contribution in [-0.2, 0) is 14.4 Å². The van der Waals surface area contributed by atoms with E-state index in [0.717, 1.165) is 0 Å². The topological polar surface area (TPSA) is 116 Å². The van der Waals surface area contributed by atoms with Crippen LogP contribution in [0.15, 0.2) is 18.6 Å². The Hall–Kier alpha value is -2.76.